The largest absolute Gasteiger partial charge is 0.438 e. The average Bonchev–Trinajstić information content (AvgIpc) is 2.52. The number of nitrogen functional groups attached to an aromatic ring is 1. The quantitative estimate of drug-likeness (QED) is 0.915. The monoisotopic (exact) mass is 281 g/mol. The zero-order chi connectivity index (χ0) is 15.0. The summed E-state index contributed by atoms with van der Waals surface area (Å²) in [6.45, 7) is 1.93. The van der Waals surface area contributed by atoms with E-state index in [1.54, 1.807) is 7.11 Å². The van der Waals surface area contributed by atoms with Crippen molar-refractivity contribution in [2.45, 2.75) is 19.4 Å². The van der Waals surface area contributed by atoms with Gasteiger partial charge in [0.25, 0.3) is 0 Å². The van der Waals surface area contributed by atoms with Crippen LogP contribution in [0.5, 0.6) is 11.6 Å². The molecule has 1 aliphatic rings. The molecular formula is C16H15N3O2. The summed E-state index contributed by atoms with van der Waals surface area (Å²) in [7, 11) is 1.61. The molecule has 0 amide bonds. The molecule has 21 heavy (non-hydrogen) atoms. The summed E-state index contributed by atoms with van der Waals surface area (Å²) in [5.41, 5.74) is 9.14. The van der Waals surface area contributed by atoms with Gasteiger partial charge in [-0.3, -0.25) is 0 Å². The number of hydrogen-bond donors (Lipinski definition) is 1. The number of hydrogen-bond acceptors (Lipinski definition) is 5. The first-order valence-electron chi connectivity index (χ1n) is 6.73. The van der Waals surface area contributed by atoms with Crippen molar-refractivity contribution < 1.29 is 9.47 Å². The Labute approximate surface area is 122 Å². The number of nitriles is 1. The van der Waals surface area contributed by atoms with E-state index in [9.17, 15) is 5.26 Å². The average molecular weight is 281 g/mol. The lowest BCUT2D eigenvalue weighted by molar-refractivity contribution is 0.126. The van der Waals surface area contributed by atoms with Crippen molar-refractivity contribution in [1.29, 1.82) is 5.26 Å². The number of rotatable bonds is 2. The van der Waals surface area contributed by atoms with Crippen LogP contribution in [0.4, 0.5) is 5.69 Å². The van der Waals surface area contributed by atoms with Gasteiger partial charge in [0.15, 0.2) is 0 Å². The second-order valence-electron chi connectivity index (χ2n) is 4.79. The minimum atomic E-state index is -0.379. The highest BCUT2D eigenvalue weighted by Gasteiger charge is 2.32. The Morgan fingerprint density at radius 2 is 2.19 bits per heavy atom. The van der Waals surface area contributed by atoms with Gasteiger partial charge in [-0.15, -0.1) is 0 Å². The molecule has 1 aliphatic heterocycles. The minimum Gasteiger partial charge on any atom is -0.438 e. The molecule has 1 unspecified atom stereocenters. The maximum absolute atomic E-state index is 9.33. The highest BCUT2D eigenvalue weighted by Crippen LogP contribution is 2.46. The summed E-state index contributed by atoms with van der Waals surface area (Å²) in [5.74, 6) is 1.13. The fourth-order valence-corrected chi connectivity index (χ4v) is 2.65. The van der Waals surface area contributed by atoms with E-state index in [0.717, 1.165) is 5.56 Å². The third-order valence-electron chi connectivity index (χ3n) is 3.67. The van der Waals surface area contributed by atoms with Crippen LogP contribution in [-0.2, 0) is 11.2 Å². The number of anilines is 1. The lowest BCUT2D eigenvalue weighted by Crippen LogP contribution is -2.17. The summed E-state index contributed by atoms with van der Waals surface area (Å²) < 4.78 is 11.4. The molecule has 0 saturated heterocycles. The maximum atomic E-state index is 9.33. The number of pyridine rings is 1. The van der Waals surface area contributed by atoms with Crippen molar-refractivity contribution in [2.75, 3.05) is 12.8 Å². The van der Waals surface area contributed by atoms with Gasteiger partial charge in [-0.1, -0.05) is 25.1 Å². The van der Waals surface area contributed by atoms with Gasteiger partial charge >= 0.3 is 0 Å². The lowest BCUT2D eigenvalue weighted by Gasteiger charge is -2.28. The fourth-order valence-electron chi connectivity index (χ4n) is 2.65. The van der Waals surface area contributed by atoms with Crippen LogP contribution in [0, 0.1) is 11.3 Å². The second-order valence-corrected chi connectivity index (χ2v) is 4.79. The molecule has 1 aromatic heterocycles. The third kappa shape index (κ3) is 1.92. The van der Waals surface area contributed by atoms with E-state index in [2.05, 4.69) is 11.1 Å². The maximum Gasteiger partial charge on any atom is 0.227 e. The molecule has 2 aromatic rings. The predicted octanol–water partition coefficient (Wildman–Crippen LogP) is 2.94. The normalized spacial score (nSPS) is 15.6. The van der Waals surface area contributed by atoms with Gasteiger partial charge < -0.3 is 15.2 Å². The molecule has 5 heteroatoms. The Bertz CT molecular complexity index is 750. The van der Waals surface area contributed by atoms with Gasteiger partial charge in [0.2, 0.25) is 5.88 Å². The molecule has 2 N–H and O–H groups in total. The molecule has 0 fully saturated rings. The molecule has 5 nitrogen and oxygen atoms in total. The number of ether oxygens (including phenoxy) is 2. The third-order valence-corrected chi connectivity index (χ3v) is 3.67. The van der Waals surface area contributed by atoms with E-state index in [4.69, 9.17) is 15.2 Å². The SMILES string of the molecule is CCc1nc2c(c(N)c1C#N)C(OC)c1ccccc1O2. The van der Waals surface area contributed by atoms with E-state index < -0.39 is 0 Å². The van der Waals surface area contributed by atoms with Gasteiger partial charge in [-0.25, -0.2) is 4.98 Å². The fraction of sp³-hybridized carbons (Fsp3) is 0.250. The predicted molar refractivity (Wildman–Crippen MR) is 78.1 cm³/mol. The van der Waals surface area contributed by atoms with Gasteiger partial charge in [0, 0.05) is 12.7 Å². The number of methoxy groups -OCH3 is 1. The standard InChI is InChI=1S/C16H15N3O2/c1-3-11-10(8-17)14(18)13-15(20-2)9-6-4-5-7-12(9)21-16(13)19-11/h4-7,15H,3H2,1-2H3,(H2,18,19). The molecular weight excluding hydrogens is 266 g/mol. The van der Waals surface area contributed by atoms with Crippen molar-refractivity contribution in [3.8, 4) is 17.7 Å². The molecule has 0 saturated carbocycles. The smallest absolute Gasteiger partial charge is 0.227 e. The topological polar surface area (TPSA) is 81.2 Å². The number of benzene rings is 1. The van der Waals surface area contributed by atoms with Crippen LogP contribution in [0.1, 0.15) is 35.4 Å². The number of para-hydroxylation sites is 1. The van der Waals surface area contributed by atoms with E-state index in [-0.39, 0.29) is 6.10 Å². The molecule has 2 heterocycles. The highest BCUT2D eigenvalue weighted by atomic mass is 16.5. The Hall–Kier alpha value is -2.58. The molecule has 106 valence electrons. The molecule has 3 rings (SSSR count). The summed E-state index contributed by atoms with van der Waals surface area (Å²) in [5, 5.41) is 9.33. The number of nitrogens with two attached hydrogens (primary N) is 1. The first kappa shape index (κ1) is 13.4. The number of nitrogens with zero attached hydrogens (tertiary/aromatic N) is 2. The van der Waals surface area contributed by atoms with Crippen molar-refractivity contribution in [2.24, 2.45) is 0 Å². The van der Waals surface area contributed by atoms with Crippen LogP contribution in [-0.4, -0.2) is 12.1 Å². The second kappa shape index (κ2) is 5.08. The first-order chi connectivity index (χ1) is 10.2. The summed E-state index contributed by atoms with van der Waals surface area (Å²) in [6.07, 6.45) is 0.235. The van der Waals surface area contributed by atoms with E-state index in [0.29, 0.717) is 40.6 Å². The zero-order valence-corrected chi connectivity index (χ0v) is 11.9. The number of aromatic nitrogens is 1. The van der Waals surface area contributed by atoms with Crippen LogP contribution >= 0.6 is 0 Å². The Balaban J connectivity index is 2.28. The molecule has 0 bridgehead atoms. The van der Waals surface area contributed by atoms with Crippen molar-refractivity contribution >= 4 is 5.69 Å². The van der Waals surface area contributed by atoms with Crippen LogP contribution in [0.2, 0.25) is 0 Å². The van der Waals surface area contributed by atoms with Gasteiger partial charge in [0.1, 0.15) is 17.9 Å². The number of aryl methyl sites for hydroxylation is 1. The lowest BCUT2D eigenvalue weighted by atomic mass is 9.95. The van der Waals surface area contributed by atoms with Crippen LogP contribution < -0.4 is 10.5 Å². The van der Waals surface area contributed by atoms with Crippen molar-refractivity contribution in [1.82, 2.24) is 4.98 Å². The molecule has 0 radical (unpaired) electrons. The molecule has 1 atom stereocenters. The van der Waals surface area contributed by atoms with E-state index in [1.807, 2.05) is 31.2 Å². The van der Waals surface area contributed by atoms with Crippen molar-refractivity contribution in [3.63, 3.8) is 0 Å². The highest BCUT2D eigenvalue weighted by molar-refractivity contribution is 5.68. The Morgan fingerprint density at radius 3 is 2.86 bits per heavy atom. The molecule has 0 spiro atoms. The minimum absolute atomic E-state index is 0.379. The first-order valence-corrected chi connectivity index (χ1v) is 6.73. The van der Waals surface area contributed by atoms with Crippen LogP contribution in [0.15, 0.2) is 24.3 Å². The van der Waals surface area contributed by atoms with Gasteiger partial charge in [-0.05, 0) is 12.5 Å². The molecule has 1 aromatic carbocycles. The number of fused-ring (bicyclic) bond motifs is 2. The summed E-state index contributed by atoms with van der Waals surface area (Å²) in [6, 6.07) is 9.73. The summed E-state index contributed by atoms with van der Waals surface area (Å²) >= 11 is 0. The Kier molecular flexibility index (Phi) is 3.24. The van der Waals surface area contributed by atoms with Crippen LogP contribution in [0.25, 0.3) is 0 Å². The van der Waals surface area contributed by atoms with Crippen LogP contribution in [0.3, 0.4) is 0 Å². The zero-order valence-electron chi connectivity index (χ0n) is 11.9. The Morgan fingerprint density at radius 1 is 1.43 bits per heavy atom. The molecule has 0 aliphatic carbocycles. The van der Waals surface area contributed by atoms with Gasteiger partial charge in [-0.2, -0.15) is 5.26 Å². The van der Waals surface area contributed by atoms with Gasteiger partial charge in [0.05, 0.1) is 22.5 Å². The summed E-state index contributed by atoms with van der Waals surface area (Å²) in [4.78, 5) is 4.46. The van der Waals surface area contributed by atoms with Crippen molar-refractivity contribution in [3.05, 3.63) is 46.6 Å². The van der Waals surface area contributed by atoms with E-state index in [1.165, 1.54) is 0 Å². The van der Waals surface area contributed by atoms with E-state index >= 15 is 0 Å².